The molecule has 0 aliphatic heterocycles. The molecule has 0 aliphatic carbocycles. The number of aromatic nitrogens is 2. The second-order valence-corrected chi connectivity index (χ2v) is 4.55. The van der Waals surface area contributed by atoms with Crippen LogP contribution in [0.4, 0.5) is 4.39 Å². The number of hydrogen-bond acceptors (Lipinski definition) is 3. The third-order valence-corrected chi connectivity index (χ3v) is 2.94. The van der Waals surface area contributed by atoms with Crippen LogP contribution in [0.1, 0.15) is 17.0 Å². The summed E-state index contributed by atoms with van der Waals surface area (Å²) in [6.45, 7) is 1.34. The molecule has 2 aromatic rings. The van der Waals surface area contributed by atoms with E-state index in [4.69, 9.17) is 5.26 Å². The highest BCUT2D eigenvalue weighted by Crippen LogP contribution is 2.12. The molecule has 0 saturated carbocycles. The van der Waals surface area contributed by atoms with Gasteiger partial charge in [-0.3, -0.25) is 4.90 Å². The largest absolute Gasteiger partial charge is 0.337 e. The van der Waals surface area contributed by atoms with Crippen molar-refractivity contribution in [2.24, 2.45) is 7.05 Å². The second kappa shape index (κ2) is 5.63. The van der Waals surface area contributed by atoms with E-state index in [1.54, 1.807) is 18.3 Å². The molecule has 1 aromatic heterocycles. The monoisotopic (exact) mass is 258 g/mol. The third-order valence-electron chi connectivity index (χ3n) is 2.94. The van der Waals surface area contributed by atoms with Gasteiger partial charge < -0.3 is 4.57 Å². The van der Waals surface area contributed by atoms with Crippen LogP contribution in [0, 0.1) is 17.1 Å². The molecule has 1 heterocycles. The van der Waals surface area contributed by atoms with Crippen LogP contribution in [0.3, 0.4) is 0 Å². The van der Waals surface area contributed by atoms with Crippen LogP contribution >= 0.6 is 0 Å². The van der Waals surface area contributed by atoms with Gasteiger partial charge in [0, 0.05) is 26.0 Å². The minimum absolute atomic E-state index is 0.0860. The van der Waals surface area contributed by atoms with E-state index in [-0.39, 0.29) is 5.56 Å². The van der Waals surface area contributed by atoms with E-state index >= 15 is 0 Å². The van der Waals surface area contributed by atoms with Gasteiger partial charge >= 0.3 is 0 Å². The Balaban J connectivity index is 2.05. The fourth-order valence-electron chi connectivity index (χ4n) is 1.91. The van der Waals surface area contributed by atoms with Gasteiger partial charge in [-0.2, -0.15) is 5.26 Å². The summed E-state index contributed by atoms with van der Waals surface area (Å²) >= 11 is 0. The fourth-order valence-corrected chi connectivity index (χ4v) is 1.91. The van der Waals surface area contributed by atoms with Crippen LogP contribution in [0.15, 0.2) is 30.6 Å². The first-order chi connectivity index (χ1) is 9.10. The van der Waals surface area contributed by atoms with E-state index in [1.165, 1.54) is 6.07 Å². The minimum Gasteiger partial charge on any atom is -0.337 e. The molecule has 0 unspecified atom stereocenters. The average molecular weight is 258 g/mol. The number of benzene rings is 1. The van der Waals surface area contributed by atoms with Gasteiger partial charge in [-0.1, -0.05) is 6.07 Å². The van der Waals surface area contributed by atoms with Gasteiger partial charge in [-0.15, -0.1) is 0 Å². The first kappa shape index (κ1) is 13.2. The minimum atomic E-state index is -0.474. The summed E-state index contributed by atoms with van der Waals surface area (Å²) in [6, 6.07) is 6.48. The molecule has 0 N–H and O–H groups in total. The highest BCUT2D eigenvalue weighted by Gasteiger charge is 2.07. The Morgan fingerprint density at radius 3 is 2.84 bits per heavy atom. The summed E-state index contributed by atoms with van der Waals surface area (Å²) in [5.74, 6) is 0.489. The van der Waals surface area contributed by atoms with Gasteiger partial charge in [0.25, 0.3) is 0 Å². The van der Waals surface area contributed by atoms with Gasteiger partial charge in [0.2, 0.25) is 0 Å². The summed E-state index contributed by atoms with van der Waals surface area (Å²) in [5, 5.41) is 8.80. The molecule has 5 heteroatoms. The van der Waals surface area contributed by atoms with E-state index in [0.29, 0.717) is 13.1 Å². The lowest BCUT2D eigenvalue weighted by atomic mass is 10.1. The van der Waals surface area contributed by atoms with Crippen molar-refractivity contribution in [3.05, 3.63) is 53.4 Å². The molecule has 0 spiro atoms. The van der Waals surface area contributed by atoms with Gasteiger partial charge in [0.15, 0.2) is 0 Å². The zero-order valence-electron chi connectivity index (χ0n) is 11.0. The zero-order valence-corrected chi connectivity index (χ0v) is 11.0. The summed E-state index contributed by atoms with van der Waals surface area (Å²) in [5.41, 5.74) is 0.998. The van der Waals surface area contributed by atoms with Gasteiger partial charge in [-0.25, -0.2) is 9.37 Å². The molecular formula is C14H15FN4. The van der Waals surface area contributed by atoms with Crippen molar-refractivity contribution in [2.45, 2.75) is 13.1 Å². The summed E-state index contributed by atoms with van der Waals surface area (Å²) in [7, 11) is 3.91. The molecule has 0 saturated heterocycles. The summed E-state index contributed by atoms with van der Waals surface area (Å²) in [4.78, 5) is 6.32. The molecule has 19 heavy (non-hydrogen) atoms. The Kier molecular flexibility index (Phi) is 3.93. The first-order valence-electron chi connectivity index (χ1n) is 5.93. The highest BCUT2D eigenvalue weighted by molar-refractivity contribution is 5.34. The van der Waals surface area contributed by atoms with Crippen molar-refractivity contribution in [3.8, 4) is 6.07 Å². The normalized spacial score (nSPS) is 10.7. The molecule has 2 rings (SSSR count). The molecule has 0 fully saturated rings. The Labute approximate surface area is 111 Å². The lowest BCUT2D eigenvalue weighted by Crippen LogP contribution is -2.19. The van der Waals surface area contributed by atoms with Crippen molar-refractivity contribution in [1.82, 2.24) is 14.5 Å². The standard InChI is InChI=1S/C14H15FN4/c1-18(10-14-17-5-6-19(14)2)9-11-3-4-13(15)12(7-11)8-16/h3-7H,9-10H2,1-2H3. The molecular weight excluding hydrogens is 243 g/mol. The van der Waals surface area contributed by atoms with Crippen molar-refractivity contribution in [3.63, 3.8) is 0 Å². The number of aryl methyl sites for hydroxylation is 1. The van der Waals surface area contributed by atoms with Crippen molar-refractivity contribution in [1.29, 1.82) is 5.26 Å². The van der Waals surface area contributed by atoms with Gasteiger partial charge in [0.05, 0.1) is 12.1 Å². The SMILES string of the molecule is CN(Cc1ccc(F)c(C#N)c1)Cc1nccn1C. The van der Waals surface area contributed by atoms with E-state index in [1.807, 2.05) is 30.9 Å². The maximum atomic E-state index is 13.2. The highest BCUT2D eigenvalue weighted by atomic mass is 19.1. The predicted octanol–water partition coefficient (Wildman–Crippen LogP) is 2.06. The Bertz CT molecular complexity index is 612. The molecule has 0 amide bonds. The Morgan fingerprint density at radius 1 is 1.42 bits per heavy atom. The summed E-state index contributed by atoms with van der Waals surface area (Å²) < 4.78 is 15.2. The maximum Gasteiger partial charge on any atom is 0.140 e. The van der Waals surface area contributed by atoms with E-state index in [2.05, 4.69) is 9.88 Å². The quantitative estimate of drug-likeness (QED) is 0.843. The van der Waals surface area contributed by atoms with Crippen LogP contribution in [0.5, 0.6) is 0 Å². The van der Waals surface area contributed by atoms with Gasteiger partial charge in [0.1, 0.15) is 17.7 Å². The summed E-state index contributed by atoms with van der Waals surface area (Å²) in [6.07, 6.45) is 3.66. The molecule has 98 valence electrons. The van der Waals surface area contributed by atoms with Gasteiger partial charge in [-0.05, 0) is 24.7 Å². The smallest absolute Gasteiger partial charge is 0.140 e. The molecule has 1 aromatic carbocycles. The number of nitriles is 1. The second-order valence-electron chi connectivity index (χ2n) is 4.55. The van der Waals surface area contributed by atoms with E-state index in [0.717, 1.165) is 11.4 Å². The lowest BCUT2D eigenvalue weighted by Gasteiger charge is -2.16. The average Bonchev–Trinajstić information content (AvgIpc) is 2.77. The molecule has 0 atom stereocenters. The van der Waals surface area contributed by atoms with Crippen LogP contribution in [-0.2, 0) is 20.1 Å². The number of rotatable bonds is 4. The number of nitrogens with zero attached hydrogens (tertiary/aromatic N) is 4. The maximum absolute atomic E-state index is 13.2. The van der Waals surface area contributed by atoms with Crippen LogP contribution in [-0.4, -0.2) is 21.5 Å². The van der Waals surface area contributed by atoms with Crippen molar-refractivity contribution < 1.29 is 4.39 Å². The first-order valence-corrected chi connectivity index (χ1v) is 5.93. The predicted molar refractivity (Wildman–Crippen MR) is 69.5 cm³/mol. The lowest BCUT2D eigenvalue weighted by molar-refractivity contribution is 0.307. The van der Waals surface area contributed by atoms with Crippen LogP contribution in [0.2, 0.25) is 0 Å². The zero-order chi connectivity index (χ0) is 13.8. The third kappa shape index (κ3) is 3.18. The van der Waals surface area contributed by atoms with Crippen molar-refractivity contribution in [2.75, 3.05) is 7.05 Å². The van der Waals surface area contributed by atoms with E-state index < -0.39 is 5.82 Å². The van der Waals surface area contributed by atoms with E-state index in [9.17, 15) is 4.39 Å². The number of hydrogen-bond donors (Lipinski definition) is 0. The molecule has 0 radical (unpaired) electrons. The number of halogens is 1. The van der Waals surface area contributed by atoms with Crippen LogP contribution in [0.25, 0.3) is 0 Å². The Hall–Kier alpha value is -2.19. The fraction of sp³-hybridized carbons (Fsp3) is 0.286. The van der Waals surface area contributed by atoms with Crippen LogP contribution < -0.4 is 0 Å². The number of imidazole rings is 1. The molecule has 4 nitrogen and oxygen atoms in total. The van der Waals surface area contributed by atoms with Crippen molar-refractivity contribution >= 4 is 0 Å². The molecule has 0 aliphatic rings. The topological polar surface area (TPSA) is 44.9 Å². The molecule has 0 bridgehead atoms. The Morgan fingerprint density at radius 2 is 2.21 bits per heavy atom.